The number of esters is 1. The van der Waals surface area contributed by atoms with Gasteiger partial charge in [0.25, 0.3) is 0 Å². The topological polar surface area (TPSA) is 59.2 Å². The average Bonchev–Trinajstić information content (AvgIpc) is 2.51. The number of hydrogen-bond donors (Lipinski definition) is 1. The number of ether oxygens (including phenoxy) is 1. The van der Waals surface area contributed by atoms with Crippen LogP contribution >= 0.6 is 11.6 Å². The Hall–Kier alpha value is -1.29. The van der Waals surface area contributed by atoms with Gasteiger partial charge in [-0.05, 0) is 13.8 Å². The van der Waals surface area contributed by atoms with Crippen LogP contribution in [0, 0.1) is 13.8 Å². The summed E-state index contributed by atoms with van der Waals surface area (Å²) in [5, 5.41) is 0. The Morgan fingerprint density at radius 1 is 1.27 bits per heavy atom. The van der Waals surface area contributed by atoms with Gasteiger partial charge in [-0.15, -0.1) is 11.6 Å². The molecule has 0 atom stereocenters. The van der Waals surface area contributed by atoms with Gasteiger partial charge in [-0.2, -0.15) is 0 Å². The van der Waals surface area contributed by atoms with Crippen molar-refractivity contribution in [2.75, 3.05) is 13.0 Å². The summed E-state index contributed by atoms with van der Waals surface area (Å²) in [6.07, 6.45) is 0. The van der Waals surface area contributed by atoms with Gasteiger partial charge in [0.15, 0.2) is 5.78 Å². The number of carbonyl (C=O) groups excluding carboxylic acids is 2. The summed E-state index contributed by atoms with van der Waals surface area (Å²) in [5.41, 5.74) is 1.86. The summed E-state index contributed by atoms with van der Waals surface area (Å²) in [5.74, 6) is -0.952. The second-order valence-electron chi connectivity index (χ2n) is 3.17. The fourth-order valence-corrected chi connectivity index (χ4v) is 1.69. The van der Waals surface area contributed by atoms with E-state index in [9.17, 15) is 9.59 Å². The second-order valence-corrected chi connectivity index (χ2v) is 3.44. The zero-order valence-electron chi connectivity index (χ0n) is 8.81. The van der Waals surface area contributed by atoms with E-state index in [1.54, 1.807) is 13.8 Å². The monoisotopic (exact) mass is 229 g/mol. The molecule has 0 amide bonds. The lowest BCUT2D eigenvalue weighted by Crippen LogP contribution is -2.11. The Balaban J connectivity index is 3.35. The van der Waals surface area contributed by atoms with Gasteiger partial charge in [-0.3, -0.25) is 4.79 Å². The molecule has 0 saturated heterocycles. The summed E-state index contributed by atoms with van der Waals surface area (Å²) in [6.45, 7) is 3.43. The third-order valence-electron chi connectivity index (χ3n) is 2.16. The average molecular weight is 230 g/mol. The van der Waals surface area contributed by atoms with E-state index >= 15 is 0 Å². The molecule has 4 nitrogen and oxygen atoms in total. The molecule has 5 heteroatoms. The second kappa shape index (κ2) is 4.49. The fourth-order valence-electron chi connectivity index (χ4n) is 1.55. The highest BCUT2D eigenvalue weighted by Crippen LogP contribution is 2.20. The van der Waals surface area contributed by atoms with E-state index in [2.05, 4.69) is 9.72 Å². The Labute approximate surface area is 92.6 Å². The molecular formula is C10H12ClNO3. The Morgan fingerprint density at radius 3 is 2.27 bits per heavy atom. The molecule has 1 aromatic rings. The SMILES string of the molecule is COC(=O)c1c(C)[nH]c(C)c1C(=O)CCl. The maximum Gasteiger partial charge on any atom is 0.340 e. The van der Waals surface area contributed by atoms with Crippen LogP contribution in [-0.2, 0) is 4.74 Å². The molecule has 0 aliphatic rings. The third kappa shape index (κ3) is 2.04. The molecule has 0 unspecified atom stereocenters. The predicted octanol–water partition coefficient (Wildman–Crippen LogP) is 1.84. The lowest BCUT2D eigenvalue weighted by atomic mass is 10.1. The van der Waals surface area contributed by atoms with Crippen molar-refractivity contribution in [1.82, 2.24) is 4.98 Å². The normalized spacial score (nSPS) is 10.1. The van der Waals surface area contributed by atoms with Crippen LogP contribution in [0.15, 0.2) is 0 Å². The van der Waals surface area contributed by atoms with Gasteiger partial charge in [0.1, 0.15) is 0 Å². The predicted molar refractivity (Wildman–Crippen MR) is 56.7 cm³/mol. The van der Waals surface area contributed by atoms with E-state index in [4.69, 9.17) is 11.6 Å². The number of methoxy groups -OCH3 is 1. The molecule has 15 heavy (non-hydrogen) atoms. The van der Waals surface area contributed by atoms with Gasteiger partial charge in [0.2, 0.25) is 0 Å². The van der Waals surface area contributed by atoms with E-state index in [0.29, 0.717) is 17.0 Å². The van der Waals surface area contributed by atoms with Crippen molar-refractivity contribution in [1.29, 1.82) is 0 Å². The number of carbonyl (C=O) groups is 2. The summed E-state index contributed by atoms with van der Waals surface area (Å²) in [4.78, 5) is 25.9. The molecule has 0 aliphatic heterocycles. The number of nitrogens with one attached hydrogen (secondary N) is 1. The number of hydrogen-bond acceptors (Lipinski definition) is 3. The largest absolute Gasteiger partial charge is 0.465 e. The summed E-state index contributed by atoms with van der Waals surface area (Å²) < 4.78 is 4.61. The van der Waals surface area contributed by atoms with Crippen molar-refractivity contribution in [3.8, 4) is 0 Å². The maximum absolute atomic E-state index is 11.5. The molecule has 1 rings (SSSR count). The van der Waals surface area contributed by atoms with Crippen LogP contribution in [-0.4, -0.2) is 29.7 Å². The minimum atomic E-state index is -0.523. The van der Waals surface area contributed by atoms with Crippen molar-refractivity contribution in [3.63, 3.8) is 0 Å². The molecular weight excluding hydrogens is 218 g/mol. The van der Waals surface area contributed by atoms with E-state index in [1.165, 1.54) is 7.11 Å². The molecule has 0 saturated carbocycles. The highest BCUT2D eigenvalue weighted by Gasteiger charge is 2.23. The van der Waals surface area contributed by atoms with Crippen molar-refractivity contribution in [2.24, 2.45) is 0 Å². The minimum Gasteiger partial charge on any atom is -0.465 e. The smallest absolute Gasteiger partial charge is 0.340 e. The van der Waals surface area contributed by atoms with Crippen LogP contribution in [0.2, 0.25) is 0 Å². The van der Waals surface area contributed by atoms with Crippen molar-refractivity contribution in [2.45, 2.75) is 13.8 Å². The molecule has 1 aromatic heterocycles. The number of alkyl halides is 1. The molecule has 1 N–H and O–H groups in total. The van der Waals surface area contributed by atoms with Gasteiger partial charge in [-0.25, -0.2) is 4.79 Å². The lowest BCUT2D eigenvalue weighted by Gasteiger charge is -2.01. The number of H-pyrrole nitrogens is 1. The van der Waals surface area contributed by atoms with Crippen LogP contribution in [0.5, 0.6) is 0 Å². The number of rotatable bonds is 3. The number of ketones is 1. The van der Waals surface area contributed by atoms with E-state index in [1.807, 2.05) is 0 Å². The first-order valence-corrected chi connectivity index (χ1v) is 4.93. The van der Waals surface area contributed by atoms with E-state index in [0.717, 1.165) is 0 Å². The Kier molecular flexibility index (Phi) is 3.52. The van der Waals surface area contributed by atoms with Crippen molar-refractivity contribution in [3.05, 3.63) is 22.5 Å². The number of halogens is 1. The van der Waals surface area contributed by atoms with Crippen LogP contribution in [0.4, 0.5) is 0 Å². The zero-order valence-corrected chi connectivity index (χ0v) is 9.57. The summed E-state index contributed by atoms with van der Waals surface area (Å²) in [7, 11) is 1.28. The van der Waals surface area contributed by atoms with E-state index in [-0.39, 0.29) is 17.2 Å². The first-order chi connectivity index (χ1) is 7.02. The quantitative estimate of drug-likeness (QED) is 0.489. The first kappa shape index (κ1) is 11.8. The number of Topliss-reactive ketones (excluding diaryl/α,β-unsaturated/α-hetero) is 1. The summed E-state index contributed by atoms with van der Waals surface area (Å²) >= 11 is 5.47. The van der Waals surface area contributed by atoms with Gasteiger partial charge in [0.05, 0.1) is 24.1 Å². The highest BCUT2D eigenvalue weighted by molar-refractivity contribution is 6.31. The van der Waals surface area contributed by atoms with Crippen LogP contribution in [0.25, 0.3) is 0 Å². The van der Waals surface area contributed by atoms with Crippen molar-refractivity contribution < 1.29 is 14.3 Å². The highest BCUT2D eigenvalue weighted by atomic mass is 35.5. The van der Waals surface area contributed by atoms with Gasteiger partial charge >= 0.3 is 5.97 Å². The molecule has 82 valence electrons. The Morgan fingerprint density at radius 2 is 1.80 bits per heavy atom. The standard InChI is InChI=1S/C10H12ClNO3/c1-5-8(7(13)4-11)9(6(2)12-5)10(14)15-3/h12H,4H2,1-3H3. The van der Waals surface area contributed by atoms with Crippen molar-refractivity contribution >= 4 is 23.4 Å². The molecule has 0 aromatic carbocycles. The van der Waals surface area contributed by atoms with Crippen LogP contribution in [0.1, 0.15) is 32.1 Å². The van der Waals surface area contributed by atoms with Gasteiger partial charge in [-0.1, -0.05) is 0 Å². The van der Waals surface area contributed by atoms with Crippen LogP contribution < -0.4 is 0 Å². The van der Waals surface area contributed by atoms with Gasteiger partial charge < -0.3 is 9.72 Å². The van der Waals surface area contributed by atoms with E-state index < -0.39 is 5.97 Å². The molecule has 0 spiro atoms. The number of aromatic amines is 1. The Bertz CT molecular complexity index is 373. The third-order valence-corrected chi connectivity index (χ3v) is 2.41. The van der Waals surface area contributed by atoms with Gasteiger partial charge in [0, 0.05) is 11.4 Å². The molecule has 0 aliphatic carbocycles. The number of aryl methyl sites for hydroxylation is 2. The molecule has 0 bridgehead atoms. The lowest BCUT2D eigenvalue weighted by molar-refractivity contribution is 0.0596. The molecule has 1 heterocycles. The summed E-state index contributed by atoms with van der Waals surface area (Å²) in [6, 6.07) is 0. The maximum atomic E-state index is 11.5. The molecule has 0 fully saturated rings. The minimum absolute atomic E-state index is 0.151. The zero-order chi connectivity index (χ0) is 11.6. The fraction of sp³-hybridized carbons (Fsp3) is 0.400. The van der Waals surface area contributed by atoms with Crippen LogP contribution in [0.3, 0.4) is 0 Å². The number of aromatic nitrogens is 1. The first-order valence-electron chi connectivity index (χ1n) is 4.39. The molecule has 0 radical (unpaired) electrons.